The topological polar surface area (TPSA) is 70.1 Å². The average molecular weight is 348 g/mol. The van der Waals surface area contributed by atoms with Crippen LogP contribution < -0.4 is 0 Å². The summed E-state index contributed by atoms with van der Waals surface area (Å²) in [5.74, 6) is -3.83. The van der Waals surface area contributed by atoms with Crippen molar-refractivity contribution in [2.24, 2.45) is 5.92 Å². The van der Waals surface area contributed by atoms with E-state index in [1.54, 1.807) is 27.7 Å². The van der Waals surface area contributed by atoms with Crippen molar-refractivity contribution in [2.45, 2.75) is 64.1 Å². The molecule has 0 radical (unpaired) electrons. The Balaban J connectivity index is 2.03. The summed E-state index contributed by atoms with van der Waals surface area (Å²) >= 11 is 0. The first-order chi connectivity index (χ1) is 10.9. The molecule has 1 aliphatic carbocycles. The molecule has 1 heterocycles. The summed E-state index contributed by atoms with van der Waals surface area (Å²) in [6.07, 6.45) is -1.38. The molecule has 6 nitrogen and oxygen atoms in total. The van der Waals surface area contributed by atoms with Crippen LogP contribution in [0.4, 0.5) is 13.6 Å². The third-order valence-electron chi connectivity index (χ3n) is 4.40. The Labute approximate surface area is 140 Å². The molecule has 1 N–H and O–H groups in total. The maximum absolute atomic E-state index is 13.0. The van der Waals surface area contributed by atoms with E-state index >= 15 is 0 Å². The smallest absolute Gasteiger partial charge is 0.410 e. The largest absolute Gasteiger partial charge is 0.444 e. The summed E-state index contributed by atoms with van der Waals surface area (Å²) in [5.41, 5.74) is -0.643. The van der Waals surface area contributed by atoms with Gasteiger partial charge in [-0.2, -0.15) is 0 Å². The van der Waals surface area contributed by atoms with Gasteiger partial charge in [0.15, 0.2) is 0 Å². The number of piperazine rings is 1. The van der Waals surface area contributed by atoms with Crippen LogP contribution in [0, 0.1) is 5.92 Å². The Morgan fingerprint density at radius 3 is 2.25 bits per heavy atom. The third kappa shape index (κ3) is 4.15. The third-order valence-corrected chi connectivity index (χ3v) is 4.40. The zero-order chi connectivity index (χ0) is 18.3. The normalized spacial score (nSPS) is 27.6. The number of aliphatic hydroxyl groups excluding tert-OH is 1. The summed E-state index contributed by atoms with van der Waals surface area (Å²) in [4.78, 5) is 27.6. The van der Waals surface area contributed by atoms with E-state index in [9.17, 15) is 23.5 Å². The van der Waals surface area contributed by atoms with Gasteiger partial charge in [-0.1, -0.05) is 0 Å². The van der Waals surface area contributed by atoms with Crippen LogP contribution >= 0.6 is 0 Å². The molecule has 8 heteroatoms. The number of hydrogen-bond acceptors (Lipinski definition) is 4. The van der Waals surface area contributed by atoms with Crippen molar-refractivity contribution in [3.63, 3.8) is 0 Å². The van der Waals surface area contributed by atoms with Gasteiger partial charge < -0.3 is 19.6 Å². The molecule has 2 amide bonds. The van der Waals surface area contributed by atoms with Gasteiger partial charge in [-0.25, -0.2) is 13.6 Å². The monoisotopic (exact) mass is 348 g/mol. The van der Waals surface area contributed by atoms with E-state index in [1.165, 1.54) is 9.80 Å². The summed E-state index contributed by atoms with van der Waals surface area (Å²) in [5, 5.41) is 9.58. The summed E-state index contributed by atoms with van der Waals surface area (Å²) < 4.78 is 31.4. The molecule has 2 fully saturated rings. The van der Waals surface area contributed by atoms with Gasteiger partial charge in [0.1, 0.15) is 5.60 Å². The van der Waals surface area contributed by atoms with Crippen LogP contribution in [0.3, 0.4) is 0 Å². The fourth-order valence-electron chi connectivity index (χ4n) is 3.11. The zero-order valence-electron chi connectivity index (χ0n) is 14.6. The van der Waals surface area contributed by atoms with Crippen molar-refractivity contribution in [1.29, 1.82) is 0 Å². The molecule has 0 aromatic carbocycles. The molecule has 2 rings (SSSR count). The molecular weight excluding hydrogens is 322 g/mol. The van der Waals surface area contributed by atoms with Crippen LogP contribution in [0.5, 0.6) is 0 Å². The Kier molecular flexibility index (Phi) is 5.09. The predicted octanol–water partition coefficient (Wildman–Crippen LogP) is 1.86. The lowest BCUT2D eigenvalue weighted by Crippen LogP contribution is -2.63. The van der Waals surface area contributed by atoms with E-state index in [4.69, 9.17) is 4.74 Å². The number of nitrogens with zero attached hydrogens (tertiary/aromatic N) is 2. The van der Waals surface area contributed by atoms with Crippen molar-refractivity contribution in [2.75, 3.05) is 19.7 Å². The standard InChI is InChI=1S/C16H26F2N2O4/c1-10-7-20(13(22)11-5-16(17,18)6-11)12(9-21)8-19(10)14(23)24-15(2,3)4/h10-12,21H,5-9H2,1-4H3/t10-,12-/m0/s1. The molecule has 0 unspecified atom stereocenters. The molecule has 0 aromatic heterocycles. The number of hydrogen-bond donors (Lipinski definition) is 1. The Bertz CT molecular complexity index is 499. The second kappa shape index (κ2) is 6.46. The van der Waals surface area contributed by atoms with Crippen molar-refractivity contribution in [3.05, 3.63) is 0 Å². The molecule has 1 aliphatic heterocycles. The molecule has 0 spiro atoms. The van der Waals surface area contributed by atoms with Gasteiger partial charge in [-0.05, 0) is 27.7 Å². The Morgan fingerprint density at radius 1 is 1.21 bits per heavy atom. The van der Waals surface area contributed by atoms with Gasteiger partial charge in [0.2, 0.25) is 11.8 Å². The van der Waals surface area contributed by atoms with E-state index in [1.807, 2.05) is 0 Å². The lowest BCUT2D eigenvalue weighted by atomic mass is 9.80. The average Bonchev–Trinajstić information content (AvgIpc) is 2.41. The Morgan fingerprint density at radius 2 is 1.79 bits per heavy atom. The minimum Gasteiger partial charge on any atom is -0.444 e. The molecule has 1 saturated carbocycles. The number of amides is 2. The Hall–Kier alpha value is -1.44. The number of rotatable bonds is 2. The fraction of sp³-hybridized carbons (Fsp3) is 0.875. The molecular formula is C16H26F2N2O4. The molecule has 138 valence electrons. The number of ether oxygens (including phenoxy) is 1. The summed E-state index contributed by atoms with van der Waals surface area (Å²) in [7, 11) is 0. The van der Waals surface area contributed by atoms with Crippen LogP contribution in [0.2, 0.25) is 0 Å². The zero-order valence-corrected chi connectivity index (χ0v) is 14.6. The van der Waals surface area contributed by atoms with Crippen molar-refractivity contribution < 1.29 is 28.2 Å². The minimum atomic E-state index is -2.76. The molecule has 0 bridgehead atoms. The van der Waals surface area contributed by atoms with Crippen LogP contribution in [-0.2, 0) is 9.53 Å². The van der Waals surface area contributed by atoms with Crippen LogP contribution in [0.1, 0.15) is 40.5 Å². The second-order valence-electron chi connectivity index (χ2n) is 7.77. The van der Waals surface area contributed by atoms with E-state index in [0.717, 1.165) is 0 Å². The second-order valence-corrected chi connectivity index (χ2v) is 7.77. The highest BCUT2D eigenvalue weighted by Crippen LogP contribution is 2.43. The van der Waals surface area contributed by atoms with Crippen LogP contribution in [-0.4, -0.2) is 70.2 Å². The molecule has 1 saturated heterocycles. The minimum absolute atomic E-state index is 0.126. The van der Waals surface area contributed by atoms with E-state index < -0.39 is 42.4 Å². The molecule has 2 atom stereocenters. The van der Waals surface area contributed by atoms with Gasteiger partial charge in [0.05, 0.1) is 12.6 Å². The predicted molar refractivity (Wildman–Crippen MR) is 82.7 cm³/mol. The molecule has 0 aromatic rings. The highest BCUT2D eigenvalue weighted by Gasteiger charge is 2.51. The van der Waals surface area contributed by atoms with Crippen molar-refractivity contribution in [1.82, 2.24) is 9.80 Å². The van der Waals surface area contributed by atoms with Crippen LogP contribution in [0.25, 0.3) is 0 Å². The lowest BCUT2D eigenvalue weighted by Gasteiger charge is -2.47. The first-order valence-electron chi connectivity index (χ1n) is 8.22. The maximum Gasteiger partial charge on any atom is 0.410 e. The lowest BCUT2D eigenvalue weighted by molar-refractivity contribution is -0.166. The van der Waals surface area contributed by atoms with Crippen molar-refractivity contribution in [3.8, 4) is 0 Å². The summed E-state index contributed by atoms with van der Waals surface area (Å²) in [6.45, 7) is 7.04. The quantitative estimate of drug-likeness (QED) is 0.827. The molecule has 24 heavy (non-hydrogen) atoms. The van der Waals surface area contributed by atoms with E-state index in [-0.39, 0.29) is 31.6 Å². The number of halogens is 2. The molecule has 2 aliphatic rings. The first-order valence-corrected chi connectivity index (χ1v) is 8.22. The summed E-state index contributed by atoms with van der Waals surface area (Å²) in [6, 6.07) is -0.914. The van der Waals surface area contributed by atoms with E-state index in [2.05, 4.69) is 0 Å². The van der Waals surface area contributed by atoms with Crippen molar-refractivity contribution >= 4 is 12.0 Å². The van der Waals surface area contributed by atoms with E-state index in [0.29, 0.717) is 0 Å². The fourth-order valence-corrected chi connectivity index (χ4v) is 3.11. The number of carbonyl (C=O) groups excluding carboxylic acids is 2. The first kappa shape index (κ1) is 18.9. The SMILES string of the molecule is C[C@H]1CN(C(=O)C2CC(F)(F)C2)[C@H](CO)CN1C(=O)OC(C)(C)C. The number of aliphatic hydroxyl groups is 1. The van der Waals surface area contributed by atoms with Gasteiger partial charge in [0, 0.05) is 37.9 Å². The highest BCUT2D eigenvalue weighted by atomic mass is 19.3. The van der Waals surface area contributed by atoms with Crippen LogP contribution in [0.15, 0.2) is 0 Å². The number of alkyl halides is 2. The van der Waals surface area contributed by atoms with Gasteiger partial charge in [0.25, 0.3) is 0 Å². The van der Waals surface area contributed by atoms with Gasteiger partial charge in [-0.15, -0.1) is 0 Å². The number of carbonyl (C=O) groups is 2. The van der Waals surface area contributed by atoms with Gasteiger partial charge in [-0.3, -0.25) is 4.79 Å². The maximum atomic E-state index is 13.0. The highest BCUT2D eigenvalue weighted by molar-refractivity contribution is 5.81. The van der Waals surface area contributed by atoms with Gasteiger partial charge >= 0.3 is 6.09 Å².